The number of imidazole rings is 1. The molecule has 2 aromatic carbocycles. The van der Waals surface area contributed by atoms with E-state index in [0.29, 0.717) is 36.6 Å². The van der Waals surface area contributed by atoms with Gasteiger partial charge in [0.2, 0.25) is 11.8 Å². The van der Waals surface area contributed by atoms with Crippen LogP contribution in [-0.2, 0) is 42.3 Å². The summed E-state index contributed by atoms with van der Waals surface area (Å²) in [6.07, 6.45) is 10.1. The first-order valence-corrected chi connectivity index (χ1v) is 20.3. The normalized spacial score (nSPS) is 15.9. The van der Waals surface area contributed by atoms with E-state index in [-0.39, 0.29) is 18.2 Å². The Hall–Kier alpha value is -6.37. The predicted molar refractivity (Wildman–Crippen MR) is 219 cm³/mol. The monoisotopic (exact) mass is 811 g/mol. The molecule has 0 radical (unpaired) electrons. The molecule has 2 N–H and O–H groups in total. The number of carbonyl (C=O) groups is 3. The zero-order valence-corrected chi connectivity index (χ0v) is 33.4. The lowest BCUT2D eigenvalue weighted by atomic mass is 10.00. The van der Waals surface area contributed by atoms with Crippen molar-refractivity contribution in [1.29, 1.82) is 0 Å². The average Bonchev–Trinajstić information content (AvgIpc) is 4.05. The number of anilines is 1. The number of unbranched alkanes of at least 4 members (excludes halogenated alkanes) is 1. The summed E-state index contributed by atoms with van der Waals surface area (Å²) in [6, 6.07) is 12.7. The van der Waals surface area contributed by atoms with Crippen LogP contribution in [0.5, 0.6) is 0 Å². The third kappa shape index (κ3) is 7.21. The van der Waals surface area contributed by atoms with Gasteiger partial charge in [0.25, 0.3) is 5.91 Å². The summed E-state index contributed by atoms with van der Waals surface area (Å²) < 4.78 is 6.11. The van der Waals surface area contributed by atoms with Gasteiger partial charge in [-0.25, -0.2) is 4.98 Å². The second-order valence-electron chi connectivity index (χ2n) is 14.5. The molecule has 0 spiro atoms. The highest BCUT2D eigenvalue weighted by Crippen LogP contribution is 2.37. The number of piperidine rings is 1. The van der Waals surface area contributed by atoms with Crippen LogP contribution in [0.15, 0.2) is 72.4 Å². The van der Waals surface area contributed by atoms with Crippen molar-refractivity contribution in [2.24, 2.45) is 4.99 Å². The van der Waals surface area contributed by atoms with Gasteiger partial charge in [0.1, 0.15) is 23.4 Å². The number of nitrogens with one attached hydrogen (secondary N) is 2. The van der Waals surface area contributed by atoms with Crippen molar-refractivity contribution < 1.29 is 14.4 Å². The van der Waals surface area contributed by atoms with Crippen LogP contribution in [0.25, 0.3) is 5.00 Å². The van der Waals surface area contributed by atoms with E-state index in [1.54, 1.807) is 22.3 Å². The fourth-order valence-corrected chi connectivity index (χ4v) is 9.06. The average molecular weight is 812 g/mol. The molecule has 3 aliphatic heterocycles. The number of aliphatic imine (C=N–C) groups is 1. The fraction of sp³-hybridized carbons (Fsp3) is 0.286. The maximum atomic E-state index is 13.2. The Morgan fingerprint density at radius 3 is 2.71 bits per heavy atom. The third-order valence-electron chi connectivity index (χ3n) is 10.7. The van der Waals surface area contributed by atoms with Crippen LogP contribution in [0.4, 0.5) is 5.69 Å². The molecule has 7 heterocycles. The largest absolute Gasteiger partial charge is 0.379 e. The summed E-state index contributed by atoms with van der Waals surface area (Å²) in [6.45, 7) is 6.86. The van der Waals surface area contributed by atoms with Gasteiger partial charge in [-0.1, -0.05) is 41.6 Å². The van der Waals surface area contributed by atoms with Gasteiger partial charge in [-0.15, -0.1) is 21.5 Å². The van der Waals surface area contributed by atoms with Gasteiger partial charge in [-0.2, -0.15) is 5.10 Å². The Morgan fingerprint density at radius 2 is 1.86 bits per heavy atom. The molecular formula is C42H38ClN11O3S. The van der Waals surface area contributed by atoms with Gasteiger partial charge in [0.05, 0.1) is 40.9 Å². The van der Waals surface area contributed by atoms with E-state index in [1.165, 1.54) is 0 Å². The number of aryl methyl sites for hydroxylation is 3. The molecule has 3 amide bonds. The second-order valence-corrected chi connectivity index (χ2v) is 16.0. The van der Waals surface area contributed by atoms with Crippen molar-refractivity contribution >= 4 is 52.1 Å². The molecule has 16 heteroatoms. The molecule has 3 aliphatic rings. The van der Waals surface area contributed by atoms with Gasteiger partial charge >= 0.3 is 0 Å². The minimum Gasteiger partial charge on any atom is -0.379 e. The summed E-state index contributed by atoms with van der Waals surface area (Å²) >= 11 is 7.83. The lowest BCUT2D eigenvalue weighted by Crippen LogP contribution is -2.52. The summed E-state index contributed by atoms with van der Waals surface area (Å²) in [5, 5.41) is 20.8. The minimum absolute atomic E-state index is 0.193. The van der Waals surface area contributed by atoms with Crippen LogP contribution < -0.4 is 10.6 Å². The van der Waals surface area contributed by atoms with E-state index in [9.17, 15) is 14.4 Å². The Balaban J connectivity index is 0.795. The van der Waals surface area contributed by atoms with Crippen LogP contribution >= 0.6 is 22.9 Å². The molecule has 0 aliphatic carbocycles. The molecule has 1 fully saturated rings. The quantitative estimate of drug-likeness (QED) is 0.103. The van der Waals surface area contributed by atoms with Crippen LogP contribution in [0, 0.1) is 25.7 Å². The van der Waals surface area contributed by atoms with Crippen molar-refractivity contribution in [2.75, 3.05) is 5.32 Å². The van der Waals surface area contributed by atoms with Gasteiger partial charge in [-0.3, -0.25) is 33.9 Å². The number of benzene rings is 2. The minimum atomic E-state index is -0.649. The number of amides is 3. The number of aromatic nitrogens is 7. The number of imide groups is 1. The summed E-state index contributed by atoms with van der Waals surface area (Å²) in [4.78, 5) is 49.4. The molecule has 1 saturated heterocycles. The number of fused-ring (bicyclic) bond motifs is 4. The molecule has 1 atom stereocenters. The number of rotatable bonds is 10. The number of hydrogen-bond acceptors (Lipinski definition) is 10. The van der Waals surface area contributed by atoms with Crippen molar-refractivity contribution in [3.8, 4) is 16.8 Å². The second kappa shape index (κ2) is 15.5. The molecule has 1 unspecified atom stereocenters. The number of halogens is 1. The Bertz CT molecular complexity index is 2690. The summed E-state index contributed by atoms with van der Waals surface area (Å²) in [5.41, 5.74) is 7.95. The van der Waals surface area contributed by atoms with Gasteiger partial charge in [-0.05, 0) is 62.9 Å². The number of nitrogens with zero attached hydrogens (tertiary/aromatic N) is 9. The zero-order chi connectivity index (χ0) is 39.9. The zero-order valence-electron chi connectivity index (χ0n) is 31.8. The van der Waals surface area contributed by atoms with Crippen LogP contribution in [0.3, 0.4) is 0 Å². The lowest BCUT2D eigenvalue weighted by Gasteiger charge is -2.29. The first-order chi connectivity index (χ1) is 28.2. The topological polar surface area (TPSA) is 157 Å². The highest BCUT2D eigenvalue weighted by molar-refractivity contribution is 7.15. The van der Waals surface area contributed by atoms with Crippen molar-refractivity contribution in [3.63, 3.8) is 0 Å². The van der Waals surface area contributed by atoms with E-state index in [1.807, 2.05) is 72.9 Å². The molecule has 58 heavy (non-hydrogen) atoms. The van der Waals surface area contributed by atoms with E-state index in [2.05, 4.69) is 58.8 Å². The molecular weight excluding hydrogens is 774 g/mol. The highest BCUT2D eigenvalue weighted by atomic mass is 35.5. The first kappa shape index (κ1) is 37.2. The summed E-state index contributed by atoms with van der Waals surface area (Å²) in [5.74, 6) is 7.45. The van der Waals surface area contributed by atoms with Crippen molar-refractivity contribution in [2.45, 2.75) is 78.3 Å². The van der Waals surface area contributed by atoms with E-state index < -0.39 is 11.9 Å². The van der Waals surface area contributed by atoms with Crippen LogP contribution in [0.1, 0.15) is 86.1 Å². The molecule has 14 nitrogen and oxygen atoms in total. The SMILES string of the molecule is Cc1c(C#Cc2cnn(CCCCn3cnc(CNc4cccc5c4CN(C4CCC(=O)NC4=O)C5=O)c3)c2)sc2c1C(c1ccc(Cl)cc1)=NCc1nnc(C)n1-2. The molecule has 4 aromatic heterocycles. The maximum Gasteiger partial charge on any atom is 0.255 e. The molecule has 6 aromatic rings. The Kier molecular flexibility index (Phi) is 9.96. The Morgan fingerprint density at radius 1 is 1.02 bits per heavy atom. The highest BCUT2D eigenvalue weighted by Gasteiger charge is 2.40. The van der Waals surface area contributed by atoms with Crippen molar-refractivity contribution in [1.82, 2.24) is 44.3 Å². The van der Waals surface area contributed by atoms with Gasteiger partial charge < -0.3 is 14.8 Å². The first-order valence-electron chi connectivity index (χ1n) is 19.1. The van der Waals surface area contributed by atoms with E-state index >= 15 is 0 Å². The predicted octanol–water partition coefficient (Wildman–Crippen LogP) is 5.60. The fourth-order valence-electron chi connectivity index (χ4n) is 7.70. The van der Waals surface area contributed by atoms with E-state index in [4.69, 9.17) is 16.6 Å². The molecule has 9 rings (SSSR count). The molecule has 0 saturated carbocycles. The molecule has 292 valence electrons. The van der Waals surface area contributed by atoms with Gasteiger partial charge in [0, 0.05) is 71.4 Å². The maximum absolute atomic E-state index is 13.2. The standard InChI is InChI=1S/C42H38ClN11O3S/c1-25-35(58-42-38(25)39(28-9-11-29(43)12-10-28)45-20-36-50-49-26(2)54(36)42)14-8-27-18-47-52(21-27)17-4-3-16-51-22-30(46-24-51)19-44-33-7-5-6-31-32(33)23-53(41(31)57)34-13-15-37(55)48-40(34)56/h5-7,9-12,18,21-22,24,34,44H,3-4,13,15-17,19-20,23H2,1-2H3,(H,48,55,56). The molecule has 0 bridgehead atoms. The van der Waals surface area contributed by atoms with E-state index in [0.717, 1.165) is 92.4 Å². The third-order valence-corrected chi connectivity index (χ3v) is 12.1. The summed E-state index contributed by atoms with van der Waals surface area (Å²) in [7, 11) is 0. The van der Waals surface area contributed by atoms with Crippen LogP contribution in [0.2, 0.25) is 5.02 Å². The van der Waals surface area contributed by atoms with Crippen molar-refractivity contribution in [3.05, 3.63) is 128 Å². The number of thiophene rings is 1. The number of carbonyl (C=O) groups excluding carboxylic acids is 3. The Labute approximate surface area is 343 Å². The van der Waals surface area contributed by atoms with Crippen LogP contribution in [-0.4, -0.2) is 68.5 Å². The lowest BCUT2D eigenvalue weighted by molar-refractivity contribution is -0.136. The number of hydrogen-bond donors (Lipinski definition) is 2. The van der Waals surface area contributed by atoms with Gasteiger partial charge in [0.15, 0.2) is 5.82 Å². The smallest absolute Gasteiger partial charge is 0.255 e.